The van der Waals surface area contributed by atoms with Gasteiger partial charge in [-0.15, -0.1) is 0 Å². The van der Waals surface area contributed by atoms with E-state index in [0.717, 1.165) is 5.69 Å². The molecular weight excluding hydrogens is 723 g/mol. The van der Waals surface area contributed by atoms with Crippen molar-refractivity contribution in [2.24, 2.45) is 0 Å². The molecule has 0 fully saturated rings. The van der Waals surface area contributed by atoms with Crippen LogP contribution in [0.15, 0.2) is 212 Å². The molecule has 14 rings (SSSR count). The van der Waals surface area contributed by atoms with E-state index in [9.17, 15) is 0 Å². The minimum atomic E-state index is -0.460. The van der Waals surface area contributed by atoms with Gasteiger partial charge in [0.15, 0.2) is 0 Å². The predicted molar refractivity (Wildman–Crippen MR) is 250 cm³/mol. The van der Waals surface area contributed by atoms with E-state index in [1.807, 2.05) is 0 Å². The van der Waals surface area contributed by atoms with Gasteiger partial charge in [0.2, 0.25) is 0 Å². The molecule has 0 radical (unpaired) electrons. The lowest BCUT2D eigenvalue weighted by Gasteiger charge is -2.31. The summed E-state index contributed by atoms with van der Waals surface area (Å²) in [5, 5.41) is 5.24. The molecule has 0 saturated heterocycles. The standard InChI is InChI=1S/C59H35N/c1-2-13-36(14-3-1)37-25-29-40(30-26-37)60-55-24-11-8-18-45(55)49-33-38(28-32-56(49)60)39-27-31-44-43-17-6-9-22-51(43)59(53(44)34-39)52-23-10-7-19-47(52)58-48-21-12-20-46-41-15-4-5-16-42(41)50(57(46)48)35-54(58)59/h1-35H. The van der Waals surface area contributed by atoms with Crippen molar-refractivity contribution in [3.63, 3.8) is 0 Å². The lowest BCUT2D eigenvalue weighted by atomic mass is 9.69. The number of para-hydroxylation sites is 1. The molecule has 0 amide bonds. The molecule has 11 aromatic rings. The molecule has 1 unspecified atom stereocenters. The largest absolute Gasteiger partial charge is 0.309 e. The van der Waals surface area contributed by atoms with E-state index in [1.165, 1.54) is 122 Å². The molecule has 3 aliphatic rings. The molecule has 3 aliphatic carbocycles. The van der Waals surface area contributed by atoms with Gasteiger partial charge in [0.25, 0.3) is 0 Å². The summed E-state index contributed by atoms with van der Waals surface area (Å²) in [5.41, 5.74) is 24.2. The van der Waals surface area contributed by atoms with Crippen molar-refractivity contribution in [3.8, 4) is 72.4 Å². The van der Waals surface area contributed by atoms with Crippen LogP contribution in [0, 0.1) is 0 Å². The Kier molecular flexibility index (Phi) is 6.28. The molecule has 0 aliphatic heterocycles. The molecule has 276 valence electrons. The van der Waals surface area contributed by atoms with Gasteiger partial charge in [-0.1, -0.05) is 170 Å². The third-order valence-electron chi connectivity index (χ3n) is 14.0. The van der Waals surface area contributed by atoms with Gasteiger partial charge < -0.3 is 4.57 Å². The van der Waals surface area contributed by atoms with Gasteiger partial charge in [-0.2, -0.15) is 0 Å². The van der Waals surface area contributed by atoms with Crippen LogP contribution in [0.5, 0.6) is 0 Å². The number of rotatable bonds is 3. The normalized spacial score (nSPS) is 15.1. The molecule has 1 aromatic heterocycles. The lowest BCUT2D eigenvalue weighted by Crippen LogP contribution is -2.26. The van der Waals surface area contributed by atoms with Crippen molar-refractivity contribution in [1.82, 2.24) is 4.57 Å². The van der Waals surface area contributed by atoms with Crippen LogP contribution in [0.25, 0.3) is 105 Å². The summed E-state index contributed by atoms with van der Waals surface area (Å²) in [7, 11) is 0. The quantitative estimate of drug-likeness (QED) is 0.169. The van der Waals surface area contributed by atoms with Gasteiger partial charge >= 0.3 is 0 Å². The molecule has 1 spiro atoms. The zero-order valence-electron chi connectivity index (χ0n) is 32.7. The minimum absolute atomic E-state index is 0.460. The Balaban J connectivity index is 0.993. The van der Waals surface area contributed by atoms with Crippen LogP contribution in [0.3, 0.4) is 0 Å². The van der Waals surface area contributed by atoms with Crippen LogP contribution in [-0.4, -0.2) is 4.57 Å². The average molecular weight is 758 g/mol. The van der Waals surface area contributed by atoms with Gasteiger partial charge in [0.05, 0.1) is 16.4 Å². The first-order chi connectivity index (χ1) is 29.8. The first-order valence-electron chi connectivity index (χ1n) is 21.0. The summed E-state index contributed by atoms with van der Waals surface area (Å²) in [6.45, 7) is 0. The molecule has 1 heterocycles. The first-order valence-corrected chi connectivity index (χ1v) is 21.0. The fourth-order valence-electron chi connectivity index (χ4n) is 11.5. The van der Waals surface area contributed by atoms with Crippen LogP contribution >= 0.6 is 0 Å². The van der Waals surface area contributed by atoms with Crippen molar-refractivity contribution in [2.75, 3.05) is 0 Å². The molecule has 0 N–H and O–H groups in total. The van der Waals surface area contributed by atoms with Crippen molar-refractivity contribution in [1.29, 1.82) is 0 Å². The molecule has 1 heteroatoms. The van der Waals surface area contributed by atoms with E-state index in [-0.39, 0.29) is 0 Å². The fourth-order valence-corrected chi connectivity index (χ4v) is 11.5. The number of benzene rings is 10. The van der Waals surface area contributed by atoms with Crippen LogP contribution in [0.4, 0.5) is 0 Å². The van der Waals surface area contributed by atoms with Crippen molar-refractivity contribution < 1.29 is 0 Å². The molecule has 10 aromatic carbocycles. The highest BCUT2D eigenvalue weighted by Crippen LogP contribution is 2.66. The SMILES string of the molecule is c1ccc(-c2ccc(-n3c4ccccc4c4cc(-c5ccc6c(c5)C5(c7ccccc7-6)c6ccccc6-c6c5cc5c7c(cccc67)-c6ccccc6-5)ccc43)cc2)cc1. The lowest BCUT2D eigenvalue weighted by molar-refractivity contribution is 0.795. The third-order valence-corrected chi connectivity index (χ3v) is 14.0. The van der Waals surface area contributed by atoms with E-state index in [1.54, 1.807) is 0 Å². The zero-order valence-corrected chi connectivity index (χ0v) is 32.7. The van der Waals surface area contributed by atoms with E-state index >= 15 is 0 Å². The highest BCUT2D eigenvalue weighted by molar-refractivity contribution is 6.21. The molecule has 0 bridgehead atoms. The Morgan fingerprint density at radius 2 is 0.850 bits per heavy atom. The van der Waals surface area contributed by atoms with Crippen LogP contribution in [0.1, 0.15) is 22.3 Å². The summed E-state index contributed by atoms with van der Waals surface area (Å²) in [6.07, 6.45) is 0. The minimum Gasteiger partial charge on any atom is -0.309 e. The number of nitrogens with zero attached hydrogens (tertiary/aromatic N) is 1. The van der Waals surface area contributed by atoms with E-state index in [4.69, 9.17) is 0 Å². The summed E-state index contributed by atoms with van der Waals surface area (Å²) in [5.74, 6) is 0. The van der Waals surface area contributed by atoms with Crippen LogP contribution in [-0.2, 0) is 5.41 Å². The number of hydrogen-bond donors (Lipinski definition) is 0. The maximum atomic E-state index is 2.57. The number of hydrogen-bond acceptors (Lipinski definition) is 0. The third kappa shape index (κ3) is 4.02. The Morgan fingerprint density at radius 1 is 0.283 bits per heavy atom. The summed E-state index contributed by atoms with van der Waals surface area (Å²) >= 11 is 0. The average Bonchev–Trinajstić information content (AvgIpc) is 4.02. The summed E-state index contributed by atoms with van der Waals surface area (Å²) in [4.78, 5) is 0. The van der Waals surface area contributed by atoms with Gasteiger partial charge in [-0.05, 0) is 142 Å². The second-order valence-corrected chi connectivity index (χ2v) is 16.7. The Labute approximate surface area is 348 Å². The summed E-state index contributed by atoms with van der Waals surface area (Å²) < 4.78 is 2.42. The maximum absolute atomic E-state index is 2.57. The smallest absolute Gasteiger partial charge is 0.0726 e. The molecule has 60 heavy (non-hydrogen) atoms. The summed E-state index contributed by atoms with van der Waals surface area (Å²) in [6, 6.07) is 79.7. The van der Waals surface area contributed by atoms with Crippen molar-refractivity contribution in [3.05, 3.63) is 235 Å². The second kappa shape index (κ2) is 11.7. The molecule has 0 saturated carbocycles. The first kappa shape index (κ1) is 32.2. The number of fused-ring (bicyclic) bond motifs is 17. The topological polar surface area (TPSA) is 4.93 Å². The zero-order chi connectivity index (χ0) is 39.1. The van der Waals surface area contributed by atoms with E-state index < -0.39 is 5.41 Å². The highest BCUT2D eigenvalue weighted by Gasteiger charge is 2.52. The van der Waals surface area contributed by atoms with Crippen molar-refractivity contribution >= 4 is 32.6 Å². The Morgan fingerprint density at radius 3 is 1.68 bits per heavy atom. The molecule has 1 atom stereocenters. The van der Waals surface area contributed by atoms with Gasteiger partial charge in [0.1, 0.15) is 0 Å². The Bertz CT molecular complexity index is 3640. The van der Waals surface area contributed by atoms with Gasteiger partial charge in [0, 0.05) is 16.5 Å². The van der Waals surface area contributed by atoms with E-state index in [0.29, 0.717) is 0 Å². The van der Waals surface area contributed by atoms with Crippen LogP contribution < -0.4 is 0 Å². The maximum Gasteiger partial charge on any atom is 0.0726 e. The number of aromatic nitrogens is 1. The van der Waals surface area contributed by atoms with Gasteiger partial charge in [-0.25, -0.2) is 0 Å². The van der Waals surface area contributed by atoms with E-state index in [2.05, 4.69) is 217 Å². The second-order valence-electron chi connectivity index (χ2n) is 16.7. The molecule has 1 nitrogen and oxygen atoms in total. The fraction of sp³-hybridized carbons (Fsp3) is 0.0169. The van der Waals surface area contributed by atoms with Gasteiger partial charge in [-0.3, -0.25) is 0 Å². The van der Waals surface area contributed by atoms with Crippen molar-refractivity contribution in [2.45, 2.75) is 5.41 Å². The predicted octanol–water partition coefficient (Wildman–Crippen LogP) is 15.3. The van der Waals surface area contributed by atoms with Crippen LogP contribution in [0.2, 0.25) is 0 Å². The highest BCUT2D eigenvalue weighted by atomic mass is 15.0. The Hall–Kier alpha value is -7.74. The monoisotopic (exact) mass is 757 g/mol. The molecular formula is C59H35N.